The van der Waals surface area contributed by atoms with E-state index in [0.717, 1.165) is 49.2 Å². The van der Waals surface area contributed by atoms with Crippen LogP contribution in [0.2, 0.25) is 0 Å². The second-order valence-corrected chi connectivity index (χ2v) is 5.37. The predicted octanol–water partition coefficient (Wildman–Crippen LogP) is 1.67. The van der Waals surface area contributed by atoms with Crippen LogP contribution < -0.4 is 10.2 Å². The van der Waals surface area contributed by atoms with Gasteiger partial charge in [-0.3, -0.25) is 0 Å². The molecule has 106 valence electrons. The van der Waals surface area contributed by atoms with Gasteiger partial charge in [-0.05, 0) is 34.7 Å². The van der Waals surface area contributed by atoms with Crippen molar-refractivity contribution >= 4 is 11.6 Å². The van der Waals surface area contributed by atoms with E-state index in [2.05, 4.69) is 52.9 Å². The summed E-state index contributed by atoms with van der Waals surface area (Å²) < 4.78 is 0. The summed E-state index contributed by atoms with van der Waals surface area (Å²) in [6.07, 6.45) is 0. The van der Waals surface area contributed by atoms with Gasteiger partial charge in [0.15, 0.2) is 0 Å². The monoisotopic (exact) mass is 263 g/mol. The van der Waals surface area contributed by atoms with Crippen molar-refractivity contribution in [3.05, 3.63) is 11.4 Å². The molecular formula is C14H25N5. The fraction of sp³-hybridized carbons (Fsp3) is 0.714. The number of nitrogens with one attached hydrogen (secondary N) is 1. The zero-order valence-corrected chi connectivity index (χ0v) is 12.7. The summed E-state index contributed by atoms with van der Waals surface area (Å²) in [5.41, 5.74) is 1.16. The third kappa shape index (κ3) is 2.97. The Morgan fingerprint density at radius 2 is 2.00 bits per heavy atom. The predicted molar refractivity (Wildman–Crippen MR) is 80.0 cm³/mol. The van der Waals surface area contributed by atoms with Crippen LogP contribution in [-0.4, -0.2) is 54.1 Å². The van der Waals surface area contributed by atoms with Crippen LogP contribution in [0.5, 0.6) is 0 Å². The molecule has 19 heavy (non-hydrogen) atoms. The molecule has 5 heteroatoms. The van der Waals surface area contributed by atoms with E-state index in [1.807, 2.05) is 6.92 Å². The molecule has 1 atom stereocenters. The Bertz CT molecular complexity index is 446. The van der Waals surface area contributed by atoms with E-state index in [1.54, 1.807) is 0 Å². The number of aromatic nitrogens is 2. The van der Waals surface area contributed by atoms with Crippen LogP contribution in [-0.2, 0) is 0 Å². The van der Waals surface area contributed by atoms with Crippen molar-refractivity contribution in [2.45, 2.75) is 33.7 Å². The summed E-state index contributed by atoms with van der Waals surface area (Å²) in [4.78, 5) is 13.9. The fourth-order valence-electron chi connectivity index (χ4n) is 2.50. The Hall–Kier alpha value is -1.36. The van der Waals surface area contributed by atoms with Crippen LogP contribution in [0.15, 0.2) is 0 Å². The van der Waals surface area contributed by atoms with E-state index in [1.165, 1.54) is 0 Å². The molecule has 0 aliphatic carbocycles. The van der Waals surface area contributed by atoms with E-state index in [0.29, 0.717) is 6.04 Å². The molecule has 1 fully saturated rings. The Balaban J connectivity index is 2.29. The van der Waals surface area contributed by atoms with Crippen molar-refractivity contribution in [3.8, 4) is 0 Å². The minimum absolute atomic E-state index is 0.561. The van der Waals surface area contributed by atoms with Crippen molar-refractivity contribution in [2.75, 3.05) is 43.4 Å². The molecule has 0 radical (unpaired) electrons. The zero-order valence-electron chi connectivity index (χ0n) is 12.7. The molecule has 1 aromatic rings. The first-order valence-electron chi connectivity index (χ1n) is 7.07. The maximum absolute atomic E-state index is 4.66. The van der Waals surface area contributed by atoms with E-state index >= 15 is 0 Å². The van der Waals surface area contributed by atoms with Gasteiger partial charge in [-0.25, -0.2) is 9.97 Å². The highest BCUT2D eigenvalue weighted by molar-refractivity contribution is 5.59. The van der Waals surface area contributed by atoms with Gasteiger partial charge in [0.1, 0.15) is 17.5 Å². The van der Waals surface area contributed by atoms with Crippen LogP contribution in [0, 0.1) is 13.8 Å². The van der Waals surface area contributed by atoms with Crippen molar-refractivity contribution in [2.24, 2.45) is 0 Å². The highest BCUT2D eigenvalue weighted by atomic mass is 15.3. The molecule has 1 saturated heterocycles. The second kappa shape index (κ2) is 5.74. The first kappa shape index (κ1) is 14.1. The Labute approximate surface area is 116 Å². The zero-order chi connectivity index (χ0) is 14.0. The number of aryl methyl sites for hydroxylation is 1. The van der Waals surface area contributed by atoms with Gasteiger partial charge >= 0.3 is 0 Å². The van der Waals surface area contributed by atoms with Gasteiger partial charge in [-0.1, -0.05) is 0 Å². The molecule has 1 N–H and O–H groups in total. The highest BCUT2D eigenvalue weighted by Gasteiger charge is 2.24. The van der Waals surface area contributed by atoms with E-state index in [4.69, 9.17) is 0 Å². The summed E-state index contributed by atoms with van der Waals surface area (Å²) in [5.74, 6) is 2.89. The topological polar surface area (TPSA) is 44.3 Å². The molecule has 5 nitrogen and oxygen atoms in total. The average molecular weight is 263 g/mol. The molecule has 0 amide bonds. The minimum atomic E-state index is 0.561. The van der Waals surface area contributed by atoms with Gasteiger partial charge in [-0.15, -0.1) is 0 Å². The van der Waals surface area contributed by atoms with E-state index in [-0.39, 0.29) is 0 Å². The van der Waals surface area contributed by atoms with Crippen LogP contribution in [0.4, 0.5) is 11.6 Å². The van der Waals surface area contributed by atoms with Crippen LogP contribution >= 0.6 is 0 Å². The molecular weight excluding hydrogens is 238 g/mol. The van der Waals surface area contributed by atoms with Crippen molar-refractivity contribution < 1.29 is 0 Å². The van der Waals surface area contributed by atoms with Gasteiger partial charge in [0, 0.05) is 37.8 Å². The molecule has 2 heterocycles. The highest BCUT2D eigenvalue weighted by Crippen LogP contribution is 2.25. The number of hydrogen-bond acceptors (Lipinski definition) is 5. The average Bonchev–Trinajstić information content (AvgIpc) is 2.37. The lowest BCUT2D eigenvalue weighted by Gasteiger charge is -2.39. The van der Waals surface area contributed by atoms with Gasteiger partial charge < -0.3 is 15.1 Å². The lowest BCUT2D eigenvalue weighted by molar-refractivity contribution is 0.233. The standard InChI is InChI=1S/C14H25N5/c1-6-15-13-11(3)14(17-12(4)16-13)19-8-7-18(5)10(2)9-19/h10H,6-9H2,1-5H3,(H,15,16,17). The quantitative estimate of drug-likeness (QED) is 0.898. The second-order valence-electron chi connectivity index (χ2n) is 5.37. The van der Waals surface area contributed by atoms with Crippen molar-refractivity contribution in [1.29, 1.82) is 0 Å². The largest absolute Gasteiger partial charge is 0.370 e. The molecule has 1 aliphatic heterocycles. The molecule has 1 aliphatic rings. The van der Waals surface area contributed by atoms with E-state index in [9.17, 15) is 0 Å². The smallest absolute Gasteiger partial charge is 0.137 e. The van der Waals surface area contributed by atoms with Crippen LogP contribution in [0.3, 0.4) is 0 Å². The molecule has 0 spiro atoms. The van der Waals surface area contributed by atoms with Crippen LogP contribution in [0.1, 0.15) is 25.2 Å². The molecule has 0 aromatic carbocycles. The van der Waals surface area contributed by atoms with Crippen LogP contribution in [0.25, 0.3) is 0 Å². The minimum Gasteiger partial charge on any atom is -0.370 e. The van der Waals surface area contributed by atoms with Gasteiger partial charge in [0.05, 0.1) is 0 Å². The first-order chi connectivity index (χ1) is 9.02. The molecule has 1 aromatic heterocycles. The first-order valence-corrected chi connectivity index (χ1v) is 7.07. The maximum atomic E-state index is 4.66. The van der Waals surface area contributed by atoms with Crippen molar-refractivity contribution in [3.63, 3.8) is 0 Å². The van der Waals surface area contributed by atoms with Gasteiger partial charge in [0.25, 0.3) is 0 Å². The SMILES string of the molecule is CCNc1nc(C)nc(N2CCN(C)C(C)C2)c1C. The number of rotatable bonds is 3. The summed E-state index contributed by atoms with van der Waals surface area (Å²) in [7, 11) is 2.18. The lowest BCUT2D eigenvalue weighted by atomic mass is 10.2. The molecule has 1 unspecified atom stereocenters. The third-order valence-electron chi connectivity index (χ3n) is 3.84. The summed E-state index contributed by atoms with van der Waals surface area (Å²) in [5, 5.41) is 3.33. The number of likely N-dealkylation sites (N-methyl/N-ethyl adjacent to an activating group) is 1. The number of anilines is 2. The molecule has 2 rings (SSSR count). The van der Waals surface area contributed by atoms with Gasteiger partial charge in [-0.2, -0.15) is 0 Å². The lowest BCUT2D eigenvalue weighted by Crippen LogP contribution is -2.50. The number of piperazine rings is 1. The normalized spacial score (nSPS) is 20.7. The number of hydrogen-bond donors (Lipinski definition) is 1. The Kier molecular flexibility index (Phi) is 4.24. The fourth-order valence-corrected chi connectivity index (χ4v) is 2.50. The summed E-state index contributed by atoms with van der Waals surface area (Å²) in [6, 6.07) is 0.561. The number of nitrogens with zero attached hydrogens (tertiary/aromatic N) is 4. The summed E-state index contributed by atoms with van der Waals surface area (Å²) >= 11 is 0. The molecule has 0 saturated carbocycles. The molecule has 0 bridgehead atoms. The summed E-state index contributed by atoms with van der Waals surface area (Å²) in [6.45, 7) is 12.5. The Morgan fingerprint density at radius 1 is 1.26 bits per heavy atom. The Morgan fingerprint density at radius 3 is 2.63 bits per heavy atom. The third-order valence-corrected chi connectivity index (χ3v) is 3.84. The van der Waals surface area contributed by atoms with Gasteiger partial charge in [0.2, 0.25) is 0 Å². The van der Waals surface area contributed by atoms with Crippen molar-refractivity contribution in [1.82, 2.24) is 14.9 Å². The maximum Gasteiger partial charge on any atom is 0.137 e. The van der Waals surface area contributed by atoms with E-state index < -0.39 is 0 Å².